The number of nitrogens with zero attached hydrogens (tertiary/aromatic N) is 4. The van der Waals surface area contributed by atoms with Crippen LogP contribution in [0.25, 0.3) is 71.1 Å². The molecular formula is C38H26N4S. The van der Waals surface area contributed by atoms with Gasteiger partial charge in [-0.25, -0.2) is 4.98 Å². The summed E-state index contributed by atoms with van der Waals surface area (Å²) in [4.78, 5) is 16.6. The molecular weight excluding hydrogens is 545 g/mol. The molecule has 204 valence electrons. The Morgan fingerprint density at radius 2 is 1.19 bits per heavy atom. The topological polar surface area (TPSA) is 43.6 Å². The Balaban J connectivity index is 1.41. The summed E-state index contributed by atoms with van der Waals surface area (Å²) in [6, 6.07) is 42.4. The molecule has 0 spiro atoms. The minimum atomic E-state index is -0.0805. The summed E-state index contributed by atoms with van der Waals surface area (Å²) in [5.74, 6) is 1.94. The van der Waals surface area contributed by atoms with Crippen LogP contribution in [0.1, 0.15) is 25.0 Å². The monoisotopic (exact) mass is 570 g/mol. The van der Waals surface area contributed by atoms with E-state index in [-0.39, 0.29) is 5.41 Å². The predicted molar refractivity (Wildman–Crippen MR) is 178 cm³/mol. The standard InChI is InChI=1S/C38H26N4S/c1-38(2)29-19-11-9-18-27(29)33-31(38)28-22-21-26-25-17-10-12-20-30(25)42(32(26)34(28)43-33)37-40-35(23-13-5-3-6-14-23)39-36(41-37)24-15-7-4-8-16-24/h3-22H,1-2H3. The van der Waals surface area contributed by atoms with Gasteiger partial charge in [-0.1, -0.05) is 129 Å². The molecule has 4 nitrogen and oxygen atoms in total. The molecule has 0 bridgehead atoms. The molecule has 0 radical (unpaired) electrons. The average Bonchev–Trinajstić information content (AvgIpc) is 3.69. The van der Waals surface area contributed by atoms with Crippen LogP contribution in [-0.4, -0.2) is 19.5 Å². The number of hydrogen-bond acceptors (Lipinski definition) is 4. The van der Waals surface area contributed by atoms with E-state index in [4.69, 9.17) is 15.0 Å². The van der Waals surface area contributed by atoms with Gasteiger partial charge in [-0.05, 0) is 28.1 Å². The van der Waals surface area contributed by atoms with Gasteiger partial charge in [-0.2, -0.15) is 9.97 Å². The van der Waals surface area contributed by atoms with Gasteiger partial charge in [-0.15, -0.1) is 11.3 Å². The van der Waals surface area contributed by atoms with Crippen molar-refractivity contribution in [3.63, 3.8) is 0 Å². The van der Waals surface area contributed by atoms with Crippen LogP contribution in [0.4, 0.5) is 0 Å². The summed E-state index contributed by atoms with van der Waals surface area (Å²) in [5.41, 5.74) is 8.23. The molecule has 3 aromatic heterocycles. The molecule has 1 aliphatic carbocycles. The second-order valence-corrected chi connectivity index (χ2v) is 12.7. The Morgan fingerprint density at radius 1 is 0.581 bits per heavy atom. The van der Waals surface area contributed by atoms with E-state index in [1.54, 1.807) is 0 Å². The molecule has 0 atom stereocenters. The number of para-hydroxylation sites is 1. The number of thiophene rings is 1. The van der Waals surface area contributed by atoms with Crippen molar-refractivity contribution in [1.29, 1.82) is 0 Å². The van der Waals surface area contributed by atoms with Crippen LogP contribution in [-0.2, 0) is 5.41 Å². The van der Waals surface area contributed by atoms with Crippen molar-refractivity contribution in [3.8, 4) is 39.2 Å². The maximum absolute atomic E-state index is 5.15. The molecule has 1 aliphatic rings. The third-order valence-corrected chi connectivity index (χ3v) is 10.1. The fraction of sp³-hybridized carbons (Fsp3) is 0.0789. The van der Waals surface area contributed by atoms with E-state index in [0.717, 1.165) is 22.2 Å². The van der Waals surface area contributed by atoms with Crippen LogP contribution in [0.15, 0.2) is 121 Å². The van der Waals surface area contributed by atoms with Gasteiger partial charge >= 0.3 is 0 Å². The Hall–Kier alpha value is -5.13. The van der Waals surface area contributed by atoms with E-state index in [1.165, 1.54) is 42.4 Å². The zero-order chi connectivity index (χ0) is 28.7. The van der Waals surface area contributed by atoms with E-state index in [2.05, 4.69) is 103 Å². The molecule has 5 heteroatoms. The van der Waals surface area contributed by atoms with Gasteiger partial charge in [-0.3, -0.25) is 4.57 Å². The lowest BCUT2D eigenvalue weighted by molar-refractivity contribution is 0.667. The van der Waals surface area contributed by atoms with E-state index in [0.29, 0.717) is 17.6 Å². The first-order chi connectivity index (χ1) is 21.1. The third-order valence-electron chi connectivity index (χ3n) is 8.85. The number of aromatic nitrogens is 4. The second kappa shape index (κ2) is 8.93. The van der Waals surface area contributed by atoms with E-state index in [9.17, 15) is 0 Å². The molecule has 0 fully saturated rings. The number of fused-ring (bicyclic) bond motifs is 9. The van der Waals surface area contributed by atoms with Crippen molar-refractivity contribution in [2.75, 3.05) is 0 Å². The van der Waals surface area contributed by atoms with Crippen molar-refractivity contribution in [1.82, 2.24) is 19.5 Å². The predicted octanol–water partition coefficient (Wildman–Crippen LogP) is 9.82. The van der Waals surface area contributed by atoms with Gasteiger partial charge in [0, 0.05) is 32.2 Å². The van der Waals surface area contributed by atoms with E-state index in [1.807, 2.05) is 47.7 Å². The van der Waals surface area contributed by atoms with Gasteiger partial charge in [0.25, 0.3) is 0 Å². The fourth-order valence-corrected chi connectivity index (χ4v) is 8.42. The minimum absolute atomic E-state index is 0.0805. The molecule has 0 unspecified atom stereocenters. The summed E-state index contributed by atoms with van der Waals surface area (Å²) < 4.78 is 3.53. The van der Waals surface area contributed by atoms with Crippen LogP contribution in [0.2, 0.25) is 0 Å². The smallest absolute Gasteiger partial charge is 0.238 e. The summed E-state index contributed by atoms with van der Waals surface area (Å²) in [6.07, 6.45) is 0. The highest BCUT2D eigenvalue weighted by atomic mass is 32.1. The van der Waals surface area contributed by atoms with Gasteiger partial charge in [0.15, 0.2) is 11.6 Å². The quantitative estimate of drug-likeness (QED) is 0.212. The molecule has 0 saturated heterocycles. The molecule has 8 aromatic rings. The Labute approximate surface area is 253 Å². The summed E-state index contributed by atoms with van der Waals surface area (Å²) >= 11 is 1.89. The van der Waals surface area contributed by atoms with Crippen LogP contribution < -0.4 is 0 Å². The fourth-order valence-electron chi connectivity index (χ4n) is 6.88. The molecule has 9 rings (SSSR count). The molecule has 5 aromatic carbocycles. The second-order valence-electron chi connectivity index (χ2n) is 11.7. The molecule has 0 N–H and O–H groups in total. The van der Waals surface area contributed by atoms with Crippen LogP contribution in [0, 0.1) is 0 Å². The maximum atomic E-state index is 5.15. The van der Waals surface area contributed by atoms with Gasteiger partial charge in [0.05, 0.1) is 15.7 Å². The number of benzene rings is 5. The maximum Gasteiger partial charge on any atom is 0.238 e. The largest absolute Gasteiger partial charge is 0.276 e. The SMILES string of the molecule is CC1(C)c2ccccc2-c2sc3c(ccc4c5ccccc5n(-c5nc(-c6ccccc6)nc(-c6ccccc6)n5)c43)c21. The number of rotatable bonds is 3. The highest BCUT2D eigenvalue weighted by molar-refractivity contribution is 7.23. The lowest BCUT2D eigenvalue weighted by Gasteiger charge is -2.21. The van der Waals surface area contributed by atoms with Crippen molar-refractivity contribution < 1.29 is 0 Å². The number of hydrogen-bond donors (Lipinski definition) is 0. The average molecular weight is 571 g/mol. The van der Waals surface area contributed by atoms with Crippen molar-refractivity contribution in [2.24, 2.45) is 0 Å². The summed E-state index contributed by atoms with van der Waals surface area (Å²) in [5, 5.41) is 3.70. The zero-order valence-electron chi connectivity index (χ0n) is 23.7. The summed E-state index contributed by atoms with van der Waals surface area (Å²) in [7, 11) is 0. The molecule has 43 heavy (non-hydrogen) atoms. The van der Waals surface area contributed by atoms with E-state index >= 15 is 0 Å². The van der Waals surface area contributed by atoms with Crippen molar-refractivity contribution in [2.45, 2.75) is 19.3 Å². The Bertz CT molecular complexity index is 2310. The van der Waals surface area contributed by atoms with Crippen LogP contribution in [0.5, 0.6) is 0 Å². The van der Waals surface area contributed by atoms with Crippen LogP contribution in [0.3, 0.4) is 0 Å². The Kier molecular flexibility index (Phi) is 5.08. The van der Waals surface area contributed by atoms with Crippen molar-refractivity contribution >= 4 is 43.2 Å². The van der Waals surface area contributed by atoms with E-state index < -0.39 is 0 Å². The zero-order valence-corrected chi connectivity index (χ0v) is 24.6. The van der Waals surface area contributed by atoms with Gasteiger partial charge < -0.3 is 0 Å². The molecule has 0 amide bonds. The first-order valence-corrected chi connectivity index (χ1v) is 15.4. The van der Waals surface area contributed by atoms with Gasteiger partial charge in [0.1, 0.15) is 0 Å². The Morgan fingerprint density at radius 3 is 1.91 bits per heavy atom. The third kappa shape index (κ3) is 3.46. The van der Waals surface area contributed by atoms with Crippen LogP contribution >= 0.6 is 11.3 Å². The normalized spacial score (nSPS) is 13.5. The van der Waals surface area contributed by atoms with Crippen molar-refractivity contribution in [3.05, 3.63) is 132 Å². The molecule has 3 heterocycles. The minimum Gasteiger partial charge on any atom is -0.276 e. The highest BCUT2D eigenvalue weighted by Crippen LogP contribution is 2.56. The molecule has 0 aliphatic heterocycles. The first-order valence-electron chi connectivity index (χ1n) is 14.6. The highest BCUT2D eigenvalue weighted by Gasteiger charge is 2.39. The molecule has 0 saturated carbocycles. The summed E-state index contributed by atoms with van der Waals surface area (Å²) in [6.45, 7) is 4.71. The first kappa shape index (κ1) is 24.5. The van der Waals surface area contributed by atoms with Gasteiger partial charge in [0.2, 0.25) is 5.95 Å². The lowest BCUT2D eigenvalue weighted by atomic mass is 9.81. The lowest BCUT2D eigenvalue weighted by Crippen LogP contribution is -2.14.